The Morgan fingerprint density at radius 2 is 1.39 bits per heavy atom. The normalized spacial score (nSPS) is 10.3. The third-order valence-corrected chi connectivity index (χ3v) is 3.87. The first-order valence-corrected chi connectivity index (χ1v) is 7.70. The van der Waals surface area contributed by atoms with E-state index in [1.165, 1.54) is 5.56 Å². The van der Waals surface area contributed by atoms with E-state index in [1.807, 2.05) is 73.8 Å². The first kappa shape index (κ1) is 15.0. The Hall–Kier alpha value is -2.87. The molecular formula is C21H19NO. The number of amides is 1. The van der Waals surface area contributed by atoms with E-state index in [0.29, 0.717) is 5.56 Å². The van der Waals surface area contributed by atoms with Crippen LogP contribution in [0.3, 0.4) is 0 Å². The largest absolute Gasteiger partial charge is 0.311 e. The van der Waals surface area contributed by atoms with Gasteiger partial charge < -0.3 is 4.90 Å². The Morgan fingerprint density at radius 1 is 0.783 bits per heavy atom. The van der Waals surface area contributed by atoms with Crippen molar-refractivity contribution in [1.29, 1.82) is 0 Å². The van der Waals surface area contributed by atoms with Gasteiger partial charge in [-0.3, -0.25) is 4.79 Å². The molecule has 114 valence electrons. The SMILES string of the molecule is CN(C(=O)c1cccc(Cc2ccccc2)c1)c1ccccc1. The molecule has 0 unspecified atom stereocenters. The predicted molar refractivity (Wildman–Crippen MR) is 94.9 cm³/mol. The quantitative estimate of drug-likeness (QED) is 0.692. The minimum Gasteiger partial charge on any atom is -0.311 e. The Labute approximate surface area is 137 Å². The lowest BCUT2D eigenvalue weighted by Crippen LogP contribution is -2.26. The lowest BCUT2D eigenvalue weighted by Gasteiger charge is -2.17. The van der Waals surface area contributed by atoms with E-state index in [9.17, 15) is 4.79 Å². The molecule has 3 rings (SSSR count). The zero-order valence-corrected chi connectivity index (χ0v) is 13.1. The van der Waals surface area contributed by atoms with Crippen molar-refractivity contribution in [3.63, 3.8) is 0 Å². The van der Waals surface area contributed by atoms with Crippen molar-refractivity contribution in [1.82, 2.24) is 0 Å². The minimum atomic E-state index is 0.00566. The molecule has 3 aromatic carbocycles. The van der Waals surface area contributed by atoms with Gasteiger partial charge in [0.05, 0.1) is 0 Å². The maximum absolute atomic E-state index is 12.7. The van der Waals surface area contributed by atoms with Crippen LogP contribution in [0.5, 0.6) is 0 Å². The van der Waals surface area contributed by atoms with Crippen LogP contribution in [0.1, 0.15) is 21.5 Å². The summed E-state index contributed by atoms with van der Waals surface area (Å²) in [5.74, 6) is 0.00566. The van der Waals surface area contributed by atoms with Crippen molar-refractivity contribution in [2.45, 2.75) is 6.42 Å². The monoisotopic (exact) mass is 301 g/mol. The zero-order chi connectivity index (χ0) is 16.1. The maximum Gasteiger partial charge on any atom is 0.258 e. The van der Waals surface area contributed by atoms with Gasteiger partial charge in [0.1, 0.15) is 0 Å². The van der Waals surface area contributed by atoms with Gasteiger partial charge in [-0.1, -0.05) is 60.7 Å². The number of hydrogen-bond acceptors (Lipinski definition) is 1. The summed E-state index contributed by atoms with van der Waals surface area (Å²) < 4.78 is 0. The van der Waals surface area contributed by atoms with Gasteiger partial charge in [-0.15, -0.1) is 0 Å². The van der Waals surface area contributed by atoms with Crippen molar-refractivity contribution >= 4 is 11.6 Å². The fourth-order valence-electron chi connectivity index (χ4n) is 2.61. The molecule has 0 saturated heterocycles. The second-order valence-corrected chi connectivity index (χ2v) is 5.56. The first-order valence-electron chi connectivity index (χ1n) is 7.70. The number of anilines is 1. The minimum absolute atomic E-state index is 0.00566. The van der Waals surface area contributed by atoms with E-state index in [0.717, 1.165) is 17.7 Å². The summed E-state index contributed by atoms with van der Waals surface area (Å²) in [6, 6.07) is 27.8. The van der Waals surface area contributed by atoms with Crippen LogP contribution in [-0.2, 0) is 6.42 Å². The third-order valence-electron chi connectivity index (χ3n) is 3.87. The number of para-hydroxylation sites is 1. The van der Waals surface area contributed by atoms with Crippen LogP contribution in [0.4, 0.5) is 5.69 Å². The molecule has 0 aliphatic heterocycles. The predicted octanol–water partition coefficient (Wildman–Crippen LogP) is 4.55. The molecule has 0 radical (unpaired) electrons. The van der Waals surface area contributed by atoms with Crippen LogP contribution < -0.4 is 4.90 Å². The number of rotatable bonds is 4. The first-order chi connectivity index (χ1) is 11.2. The molecule has 0 aliphatic carbocycles. The van der Waals surface area contributed by atoms with Crippen LogP contribution in [0.2, 0.25) is 0 Å². The number of benzene rings is 3. The molecule has 0 spiro atoms. The van der Waals surface area contributed by atoms with Crippen LogP contribution in [0.15, 0.2) is 84.9 Å². The summed E-state index contributed by atoms with van der Waals surface area (Å²) >= 11 is 0. The smallest absolute Gasteiger partial charge is 0.258 e. The maximum atomic E-state index is 12.7. The molecule has 0 aromatic heterocycles. The van der Waals surface area contributed by atoms with E-state index in [-0.39, 0.29) is 5.91 Å². The Morgan fingerprint density at radius 3 is 2.09 bits per heavy atom. The Balaban J connectivity index is 1.80. The Kier molecular flexibility index (Phi) is 4.53. The number of hydrogen-bond donors (Lipinski definition) is 0. The molecule has 0 saturated carbocycles. The lowest BCUT2D eigenvalue weighted by molar-refractivity contribution is 0.0993. The fraction of sp³-hybridized carbons (Fsp3) is 0.0952. The van der Waals surface area contributed by atoms with Gasteiger partial charge in [0.25, 0.3) is 5.91 Å². The van der Waals surface area contributed by atoms with Gasteiger partial charge in [-0.25, -0.2) is 0 Å². The lowest BCUT2D eigenvalue weighted by atomic mass is 10.0. The summed E-state index contributed by atoms with van der Waals surface area (Å²) in [5.41, 5.74) is 3.99. The molecule has 2 heteroatoms. The highest BCUT2D eigenvalue weighted by Gasteiger charge is 2.13. The molecule has 23 heavy (non-hydrogen) atoms. The average Bonchev–Trinajstić information content (AvgIpc) is 2.62. The van der Waals surface area contributed by atoms with E-state index < -0.39 is 0 Å². The van der Waals surface area contributed by atoms with E-state index in [4.69, 9.17) is 0 Å². The highest BCUT2D eigenvalue weighted by Crippen LogP contribution is 2.17. The van der Waals surface area contributed by atoms with Crippen molar-refractivity contribution in [3.8, 4) is 0 Å². The molecular weight excluding hydrogens is 282 g/mol. The Bertz CT molecular complexity index is 781. The van der Waals surface area contributed by atoms with Gasteiger partial charge >= 0.3 is 0 Å². The highest BCUT2D eigenvalue weighted by atomic mass is 16.2. The van der Waals surface area contributed by atoms with Gasteiger partial charge in [0, 0.05) is 18.3 Å². The number of carbonyl (C=O) groups excluding carboxylic acids is 1. The second kappa shape index (κ2) is 6.93. The van der Waals surface area contributed by atoms with Crippen molar-refractivity contribution < 1.29 is 4.79 Å². The van der Waals surface area contributed by atoms with Crippen LogP contribution >= 0.6 is 0 Å². The molecule has 2 nitrogen and oxygen atoms in total. The fourth-order valence-corrected chi connectivity index (χ4v) is 2.61. The van der Waals surface area contributed by atoms with Crippen molar-refractivity contribution in [3.05, 3.63) is 102 Å². The topological polar surface area (TPSA) is 20.3 Å². The van der Waals surface area contributed by atoms with E-state index in [1.54, 1.807) is 4.90 Å². The average molecular weight is 301 g/mol. The summed E-state index contributed by atoms with van der Waals surface area (Å²) in [6.07, 6.45) is 0.830. The van der Waals surface area contributed by atoms with Crippen molar-refractivity contribution in [2.24, 2.45) is 0 Å². The molecule has 0 aliphatic rings. The molecule has 0 fully saturated rings. The van der Waals surface area contributed by atoms with Gasteiger partial charge in [-0.05, 0) is 41.8 Å². The van der Waals surface area contributed by atoms with Crippen LogP contribution in [0.25, 0.3) is 0 Å². The van der Waals surface area contributed by atoms with Crippen LogP contribution in [0, 0.1) is 0 Å². The number of nitrogens with zero attached hydrogens (tertiary/aromatic N) is 1. The summed E-state index contributed by atoms with van der Waals surface area (Å²) in [4.78, 5) is 14.4. The standard InChI is InChI=1S/C21H19NO/c1-22(20-13-6-3-7-14-20)21(23)19-12-8-11-18(16-19)15-17-9-4-2-5-10-17/h2-14,16H,15H2,1H3. The highest BCUT2D eigenvalue weighted by molar-refractivity contribution is 6.05. The third kappa shape index (κ3) is 3.67. The number of carbonyl (C=O) groups is 1. The molecule has 0 heterocycles. The molecule has 3 aromatic rings. The second-order valence-electron chi connectivity index (χ2n) is 5.56. The molecule has 0 atom stereocenters. The summed E-state index contributed by atoms with van der Waals surface area (Å²) in [7, 11) is 1.81. The molecule has 0 N–H and O–H groups in total. The zero-order valence-electron chi connectivity index (χ0n) is 13.1. The van der Waals surface area contributed by atoms with Gasteiger partial charge in [-0.2, -0.15) is 0 Å². The van der Waals surface area contributed by atoms with Gasteiger partial charge in [0.15, 0.2) is 0 Å². The van der Waals surface area contributed by atoms with Crippen LogP contribution in [-0.4, -0.2) is 13.0 Å². The summed E-state index contributed by atoms with van der Waals surface area (Å²) in [5, 5.41) is 0. The summed E-state index contributed by atoms with van der Waals surface area (Å²) in [6.45, 7) is 0. The van der Waals surface area contributed by atoms with E-state index >= 15 is 0 Å². The van der Waals surface area contributed by atoms with E-state index in [2.05, 4.69) is 18.2 Å². The molecule has 1 amide bonds. The van der Waals surface area contributed by atoms with Gasteiger partial charge in [0.2, 0.25) is 0 Å². The van der Waals surface area contributed by atoms with Crippen molar-refractivity contribution in [2.75, 3.05) is 11.9 Å². The molecule has 0 bridgehead atoms.